The Balaban J connectivity index is 2.36. The van der Waals surface area contributed by atoms with E-state index in [1.807, 2.05) is 12.1 Å². The van der Waals surface area contributed by atoms with Gasteiger partial charge in [-0.3, -0.25) is 0 Å². The summed E-state index contributed by atoms with van der Waals surface area (Å²) in [6.07, 6.45) is 1.10. The van der Waals surface area contributed by atoms with E-state index >= 15 is 0 Å². The average Bonchev–Trinajstić information content (AvgIpc) is 2.80. The molecule has 0 saturated heterocycles. The maximum atomic E-state index is 6.80. The van der Waals surface area contributed by atoms with Crippen molar-refractivity contribution < 1.29 is 0 Å². The first-order chi connectivity index (χ1) is 9.54. The van der Waals surface area contributed by atoms with Crippen molar-refractivity contribution in [3.05, 3.63) is 55.6 Å². The van der Waals surface area contributed by atoms with Gasteiger partial charge in [0.15, 0.2) is 0 Å². The van der Waals surface area contributed by atoms with Crippen LogP contribution in [0.1, 0.15) is 42.0 Å². The van der Waals surface area contributed by atoms with Gasteiger partial charge in [-0.2, -0.15) is 0 Å². The van der Waals surface area contributed by atoms with Crippen LogP contribution in [-0.2, 0) is 0 Å². The van der Waals surface area contributed by atoms with Gasteiger partial charge in [-0.25, -0.2) is 0 Å². The summed E-state index contributed by atoms with van der Waals surface area (Å²) in [4.78, 5) is 1.12. The number of rotatable bonds is 5. The Morgan fingerprint density at radius 1 is 1.25 bits per heavy atom. The fourth-order valence-electron chi connectivity index (χ4n) is 2.39. The lowest BCUT2D eigenvalue weighted by molar-refractivity contribution is 0.436. The molecule has 0 aliphatic rings. The third-order valence-corrected chi connectivity index (χ3v) is 6.89. The minimum atomic E-state index is -0.0545. The quantitative estimate of drug-likeness (QED) is 0.470. The highest BCUT2D eigenvalue weighted by molar-refractivity contribution is 9.10. The maximum Gasteiger partial charge on any atom is 0.107 e. The summed E-state index contributed by atoms with van der Waals surface area (Å²) in [5.74, 6) is 0.809. The molecule has 0 nitrogen and oxygen atoms in total. The third-order valence-electron chi connectivity index (χ3n) is 3.69. The van der Waals surface area contributed by atoms with E-state index in [2.05, 4.69) is 54.0 Å². The van der Waals surface area contributed by atoms with Crippen LogP contribution < -0.4 is 0 Å². The summed E-state index contributed by atoms with van der Waals surface area (Å²) in [6, 6.07) is 12.6. The van der Waals surface area contributed by atoms with Crippen LogP contribution in [-0.4, -0.2) is 0 Å². The van der Waals surface area contributed by atoms with E-state index in [1.54, 1.807) is 11.3 Å². The molecule has 3 unspecified atom stereocenters. The standard InChI is InChI=1S/C16H17BrCl2S/c1-3-10(2)14(11-7-5-4-6-8-11)15(18)13-9-12(17)16(19)20-13/h4-10,14-15H,3H2,1-2H3. The second kappa shape index (κ2) is 7.31. The van der Waals surface area contributed by atoms with Crippen molar-refractivity contribution in [2.45, 2.75) is 31.6 Å². The van der Waals surface area contributed by atoms with Crippen LogP contribution in [0.3, 0.4) is 0 Å². The zero-order chi connectivity index (χ0) is 14.7. The normalized spacial score (nSPS) is 15.8. The molecule has 0 bridgehead atoms. The topological polar surface area (TPSA) is 0 Å². The van der Waals surface area contributed by atoms with E-state index < -0.39 is 0 Å². The molecule has 2 aromatic rings. The second-order valence-electron chi connectivity index (χ2n) is 4.99. The lowest BCUT2D eigenvalue weighted by Gasteiger charge is -2.27. The molecule has 1 heterocycles. The predicted octanol–water partition coefficient (Wildman–Crippen LogP) is 7.27. The zero-order valence-corrected chi connectivity index (χ0v) is 15.4. The minimum Gasteiger partial charge on any atom is -0.126 e. The molecule has 4 heteroatoms. The molecule has 0 spiro atoms. The first-order valence-electron chi connectivity index (χ1n) is 6.68. The Kier molecular flexibility index (Phi) is 5.97. The fraction of sp³-hybridized carbons (Fsp3) is 0.375. The molecule has 1 aromatic carbocycles. The van der Waals surface area contributed by atoms with Crippen LogP contribution in [0.15, 0.2) is 40.9 Å². The molecule has 0 radical (unpaired) electrons. The smallest absolute Gasteiger partial charge is 0.107 e. The highest BCUT2D eigenvalue weighted by Gasteiger charge is 2.28. The molecule has 0 N–H and O–H groups in total. The number of hydrogen-bond acceptors (Lipinski definition) is 1. The molecule has 0 aliphatic carbocycles. The molecule has 108 valence electrons. The summed E-state index contributed by atoms with van der Waals surface area (Å²) < 4.78 is 1.70. The zero-order valence-electron chi connectivity index (χ0n) is 11.4. The first kappa shape index (κ1) is 16.4. The van der Waals surface area contributed by atoms with Crippen LogP contribution in [0.4, 0.5) is 0 Å². The Morgan fingerprint density at radius 2 is 1.90 bits per heavy atom. The molecular weight excluding hydrogens is 375 g/mol. The van der Waals surface area contributed by atoms with Gasteiger partial charge in [0.05, 0.1) is 5.38 Å². The summed E-state index contributed by atoms with van der Waals surface area (Å²) in [7, 11) is 0. The van der Waals surface area contributed by atoms with E-state index in [1.165, 1.54) is 5.56 Å². The Labute approximate surface area is 143 Å². The lowest BCUT2D eigenvalue weighted by atomic mass is 9.82. The fourth-order valence-corrected chi connectivity index (χ4v) is 4.74. The van der Waals surface area contributed by atoms with E-state index in [0.29, 0.717) is 11.8 Å². The van der Waals surface area contributed by atoms with E-state index in [-0.39, 0.29) is 5.38 Å². The Bertz CT molecular complexity index is 533. The molecule has 0 saturated carbocycles. The monoisotopic (exact) mass is 390 g/mol. The highest BCUT2D eigenvalue weighted by atomic mass is 79.9. The van der Waals surface area contributed by atoms with Crippen molar-refractivity contribution in [2.75, 3.05) is 0 Å². The SMILES string of the molecule is CCC(C)C(c1ccccc1)C(Cl)c1cc(Br)c(Cl)s1. The third kappa shape index (κ3) is 3.59. The summed E-state index contributed by atoms with van der Waals surface area (Å²) in [5, 5.41) is -0.0545. The van der Waals surface area contributed by atoms with Crippen molar-refractivity contribution in [3.8, 4) is 0 Å². The van der Waals surface area contributed by atoms with Gasteiger partial charge in [0.1, 0.15) is 4.34 Å². The molecule has 20 heavy (non-hydrogen) atoms. The van der Waals surface area contributed by atoms with Gasteiger partial charge in [0.2, 0.25) is 0 Å². The van der Waals surface area contributed by atoms with E-state index in [9.17, 15) is 0 Å². The number of benzene rings is 1. The summed E-state index contributed by atoms with van der Waals surface area (Å²) in [5.41, 5.74) is 1.29. The van der Waals surface area contributed by atoms with Crippen LogP contribution in [0.5, 0.6) is 0 Å². The minimum absolute atomic E-state index is 0.0545. The molecule has 3 atom stereocenters. The average molecular weight is 392 g/mol. The van der Waals surface area contributed by atoms with Gasteiger partial charge >= 0.3 is 0 Å². The van der Waals surface area contributed by atoms with Crippen molar-refractivity contribution in [3.63, 3.8) is 0 Å². The van der Waals surface area contributed by atoms with Gasteiger partial charge in [0.25, 0.3) is 0 Å². The molecule has 0 aliphatic heterocycles. The molecule has 2 rings (SSSR count). The molecule has 0 amide bonds. The van der Waals surface area contributed by atoms with E-state index in [0.717, 1.165) is 20.1 Å². The number of alkyl halides is 1. The number of hydrogen-bond donors (Lipinski definition) is 0. The second-order valence-corrected chi connectivity index (χ2v) is 8.00. The first-order valence-corrected chi connectivity index (χ1v) is 9.10. The van der Waals surface area contributed by atoms with Crippen LogP contribution >= 0.6 is 50.5 Å². The van der Waals surface area contributed by atoms with Crippen LogP contribution in [0, 0.1) is 5.92 Å². The largest absolute Gasteiger partial charge is 0.126 e. The number of halogens is 3. The van der Waals surface area contributed by atoms with Crippen molar-refractivity contribution in [2.24, 2.45) is 5.92 Å². The Morgan fingerprint density at radius 3 is 2.40 bits per heavy atom. The van der Waals surface area contributed by atoms with Crippen LogP contribution in [0.25, 0.3) is 0 Å². The van der Waals surface area contributed by atoms with Crippen LogP contribution in [0.2, 0.25) is 4.34 Å². The summed E-state index contributed by atoms with van der Waals surface area (Å²) in [6.45, 7) is 4.47. The summed E-state index contributed by atoms with van der Waals surface area (Å²) >= 11 is 18.0. The van der Waals surface area contributed by atoms with E-state index in [4.69, 9.17) is 23.2 Å². The predicted molar refractivity (Wildman–Crippen MR) is 94.3 cm³/mol. The van der Waals surface area contributed by atoms with Gasteiger partial charge in [-0.1, -0.05) is 62.2 Å². The van der Waals surface area contributed by atoms with Crippen molar-refractivity contribution in [1.29, 1.82) is 0 Å². The highest BCUT2D eigenvalue weighted by Crippen LogP contribution is 2.47. The van der Waals surface area contributed by atoms with Gasteiger partial charge in [-0.05, 0) is 33.5 Å². The van der Waals surface area contributed by atoms with Gasteiger partial charge in [-0.15, -0.1) is 22.9 Å². The van der Waals surface area contributed by atoms with Crippen molar-refractivity contribution >= 4 is 50.5 Å². The number of thiophene rings is 1. The van der Waals surface area contributed by atoms with Gasteiger partial charge in [0, 0.05) is 15.3 Å². The molecular formula is C16H17BrCl2S. The lowest BCUT2D eigenvalue weighted by Crippen LogP contribution is -2.14. The van der Waals surface area contributed by atoms with Gasteiger partial charge < -0.3 is 0 Å². The molecule has 0 fully saturated rings. The maximum absolute atomic E-state index is 6.80. The molecule has 1 aromatic heterocycles. The Hall–Kier alpha value is -0.0200. The van der Waals surface area contributed by atoms with Crippen molar-refractivity contribution in [1.82, 2.24) is 0 Å².